The number of benzene rings is 9. The van der Waals surface area contributed by atoms with Crippen molar-refractivity contribution in [2.75, 3.05) is 0 Å². The van der Waals surface area contributed by atoms with Crippen molar-refractivity contribution in [1.29, 1.82) is 0 Å². The fourth-order valence-corrected chi connectivity index (χ4v) is 9.43. The van der Waals surface area contributed by atoms with Gasteiger partial charge < -0.3 is 8.98 Å². The molecule has 1 aliphatic rings. The van der Waals surface area contributed by atoms with Crippen LogP contribution in [0.3, 0.4) is 0 Å². The van der Waals surface area contributed by atoms with E-state index in [1.54, 1.807) is 0 Å². The molecule has 0 saturated heterocycles. The molecule has 2 nitrogen and oxygen atoms in total. The highest BCUT2D eigenvalue weighted by atomic mass is 16.3. The Kier molecular flexibility index (Phi) is 7.02. The first-order chi connectivity index (χ1) is 28.2. The largest absolute Gasteiger partial charge is 0.456 e. The average molecular weight is 726 g/mol. The highest BCUT2D eigenvalue weighted by Crippen LogP contribution is 2.50. The molecular weight excluding hydrogens is 691 g/mol. The minimum absolute atomic E-state index is 0.113. The smallest absolute Gasteiger partial charge is 0.136 e. The molecule has 2 heterocycles. The van der Waals surface area contributed by atoms with Crippen LogP contribution in [0.25, 0.3) is 93.9 Å². The molecule has 1 aliphatic carbocycles. The number of furan rings is 1. The summed E-state index contributed by atoms with van der Waals surface area (Å²) in [5.41, 5.74) is 19.2. The third-order valence-electron chi connectivity index (χ3n) is 12.1. The van der Waals surface area contributed by atoms with Gasteiger partial charge in [-0.1, -0.05) is 158 Å². The second-order valence-corrected chi connectivity index (χ2v) is 15.3. The standard InChI is InChI=1S/C55H35NO/c1-2-12-35(13-3-1)37-15-11-17-42(31-37)56-51-22-8-6-19-45(51)46-28-25-39(33-52(46)56)38-24-27-44-43-18-4-5-21-49(43)55(50(44)32-38)41-16-10-14-36(30-41)40-26-29-48-47-20-7-9-23-53(47)57-54(48)34-40/h1-34,55H. The van der Waals surface area contributed by atoms with Gasteiger partial charge in [-0.2, -0.15) is 0 Å². The van der Waals surface area contributed by atoms with Gasteiger partial charge >= 0.3 is 0 Å². The van der Waals surface area contributed by atoms with E-state index in [4.69, 9.17) is 4.42 Å². The normalized spacial score (nSPS) is 13.4. The number of rotatable bonds is 5. The Labute approximate surface area is 330 Å². The third-order valence-corrected chi connectivity index (χ3v) is 12.1. The lowest BCUT2D eigenvalue weighted by molar-refractivity contribution is 0.669. The van der Waals surface area contributed by atoms with Crippen molar-refractivity contribution in [3.8, 4) is 50.2 Å². The predicted molar refractivity (Wildman–Crippen MR) is 237 cm³/mol. The van der Waals surface area contributed by atoms with Crippen LogP contribution in [-0.4, -0.2) is 4.57 Å². The number of hydrogen-bond acceptors (Lipinski definition) is 1. The number of hydrogen-bond donors (Lipinski definition) is 0. The zero-order valence-electron chi connectivity index (χ0n) is 31.1. The summed E-state index contributed by atoms with van der Waals surface area (Å²) in [6, 6.07) is 75.3. The minimum atomic E-state index is 0.113. The van der Waals surface area contributed by atoms with Gasteiger partial charge in [-0.25, -0.2) is 0 Å². The van der Waals surface area contributed by atoms with Crippen LogP contribution in [0.15, 0.2) is 211 Å². The molecule has 0 bridgehead atoms. The van der Waals surface area contributed by atoms with Crippen LogP contribution < -0.4 is 0 Å². The van der Waals surface area contributed by atoms with E-state index in [2.05, 4.69) is 199 Å². The van der Waals surface area contributed by atoms with Crippen molar-refractivity contribution in [3.63, 3.8) is 0 Å². The zero-order valence-corrected chi connectivity index (χ0v) is 31.1. The molecule has 1 unspecified atom stereocenters. The summed E-state index contributed by atoms with van der Waals surface area (Å²) < 4.78 is 8.72. The third kappa shape index (κ3) is 5.04. The van der Waals surface area contributed by atoms with Crippen molar-refractivity contribution < 1.29 is 4.42 Å². The maximum absolute atomic E-state index is 6.29. The predicted octanol–water partition coefficient (Wildman–Crippen LogP) is 14.8. The second kappa shape index (κ2) is 12.6. The van der Waals surface area contributed by atoms with Crippen molar-refractivity contribution in [2.45, 2.75) is 5.92 Å². The molecule has 11 aromatic rings. The Hall–Kier alpha value is -7.42. The molecule has 0 aliphatic heterocycles. The lowest BCUT2D eigenvalue weighted by atomic mass is 9.86. The molecule has 9 aromatic carbocycles. The molecule has 0 radical (unpaired) electrons. The van der Waals surface area contributed by atoms with Crippen LogP contribution in [0.2, 0.25) is 0 Å². The van der Waals surface area contributed by atoms with Gasteiger partial charge in [0.05, 0.1) is 11.0 Å². The molecule has 1 atom stereocenters. The van der Waals surface area contributed by atoms with E-state index < -0.39 is 0 Å². The lowest BCUT2D eigenvalue weighted by Crippen LogP contribution is -2.00. The van der Waals surface area contributed by atoms with Gasteiger partial charge in [0.1, 0.15) is 11.2 Å². The molecule has 57 heavy (non-hydrogen) atoms. The van der Waals surface area contributed by atoms with E-state index in [-0.39, 0.29) is 5.92 Å². The van der Waals surface area contributed by atoms with Gasteiger partial charge in [-0.3, -0.25) is 0 Å². The summed E-state index contributed by atoms with van der Waals surface area (Å²) in [7, 11) is 0. The van der Waals surface area contributed by atoms with Gasteiger partial charge in [0, 0.05) is 33.2 Å². The number of fused-ring (bicyclic) bond motifs is 9. The maximum Gasteiger partial charge on any atom is 0.136 e. The van der Waals surface area contributed by atoms with Crippen LogP contribution in [-0.2, 0) is 0 Å². The summed E-state index contributed by atoms with van der Waals surface area (Å²) in [5, 5.41) is 4.81. The van der Waals surface area contributed by atoms with Gasteiger partial charge in [0.15, 0.2) is 0 Å². The quantitative estimate of drug-likeness (QED) is 0.173. The van der Waals surface area contributed by atoms with Crippen LogP contribution in [0.4, 0.5) is 0 Å². The number of para-hydroxylation sites is 2. The summed E-state index contributed by atoms with van der Waals surface area (Å²) in [6.07, 6.45) is 0. The Bertz CT molecular complexity index is 3360. The van der Waals surface area contributed by atoms with E-state index in [9.17, 15) is 0 Å². The van der Waals surface area contributed by atoms with Gasteiger partial charge in [0.2, 0.25) is 0 Å². The van der Waals surface area contributed by atoms with Crippen molar-refractivity contribution in [2.24, 2.45) is 0 Å². The molecule has 266 valence electrons. The van der Waals surface area contributed by atoms with Crippen LogP contribution >= 0.6 is 0 Å². The lowest BCUT2D eigenvalue weighted by Gasteiger charge is -2.17. The van der Waals surface area contributed by atoms with E-state index in [1.165, 1.54) is 77.4 Å². The second-order valence-electron chi connectivity index (χ2n) is 15.3. The van der Waals surface area contributed by atoms with Gasteiger partial charge in [0.25, 0.3) is 0 Å². The number of aromatic nitrogens is 1. The van der Waals surface area contributed by atoms with Crippen molar-refractivity contribution >= 4 is 43.7 Å². The molecule has 0 N–H and O–H groups in total. The van der Waals surface area contributed by atoms with E-state index in [0.29, 0.717) is 0 Å². The minimum Gasteiger partial charge on any atom is -0.456 e. The summed E-state index contributed by atoms with van der Waals surface area (Å²) in [6.45, 7) is 0. The van der Waals surface area contributed by atoms with Crippen molar-refractivity contribution in [3.05, 3.63) is 223 Å². The average Bonchev–Trinajstić information content (AvgIpc) is 3.93. The van der Waals surface area contributed by atoms with Gasteiger partial charge in [-0.15, -0.1) is 0 Å². The van der Waals surface area contributed by atoms with E-state index in [0.717, 1.165) is 33.2 Å². The SMILES string of the molecule is c1ccc(-c2cccc(-n3c4ccccc4c4ccc(-c5ccc6c(c5)C(c5cccc(-c7ccc8c(c7)oc7ccccc78)c5)c5ccccc5-6)cc43)c2)cc1. The van der Waals surface area contributed by atoms with E-state index in [1.807, 2.05) is 12.1 Å². The zero-order chi connectivity index (χ0) is 37.5. The van der Waals surface area contributed by atoms with Crippen LogP contribution in [0, 0.1) is 0 Å². The van der Waals surface area contributed by atoms with Crippen molar-refractivity contribution in [1.82, 2.24) is 4.57 Å². The van der Waals surface area contributed by atoms with E-state index >= 15 is 0 Å². The first-order valence-electron chi connectivity index (χ1n) is 19.7. The maximum atomic E-state index is 6.29. The fourth-order valence-electron chi connectivity index (χ4n) is 9.43. The highest BCUT2D eigenvalue weighted by Gasteiger charge is 2.30. The Morgan fingerprint density at radius 1 is 0.333 bits per heavy atom. The topological polar surface area (TPSA) is 18.1 Å². The van der Waals surface area contributed by atoms with Crippen LogP contribution in [0.5, 0.6) is 0 Å². The monoisotopic (exact) mass is 725 g/mol. The Balaban J connectivity index is 0.982. The molecule has 2 aromatic heterocycles. The fraction of sp³-hybridized carbons (Fsp3) is 0.0182. The molecule has 2 heteroatoms. The summed E-state index contributed by atoms with van der Waals surface area (Å²) >= 11 is 0. The molecular formula is C55H35NO. The summed E-state index contributed by atoms with van der Waals surface area (Å²) in [4.78, 5) is 0. The first kappa shape index (κ1) is 31.9. The number of nitrogens with zero attached hydrogens (tertiary/aromatic N) is 1. The molecule has 0 spiro atoms. The summed E-state index contributed by atoms with van der Waals surface area (Å²) in [5.74, 6) is 0.113. The first-order valence-corrected chi connectivity index (χ1v) is 19.7. The van der Waals surface area contributed by atoms with Crippen LogP contribution in [0.1, 0.15) is 22.6 Å². The molecule has 0 saturated carbocycles. The van der Waals surface area contributed by atoms with Gasteiger partial charge in [-0.05, 0) is 110 Å². The molecule has 0 fully saturated rings. The molecule has 12 rings (SSSR count). The Morgan fingerprint density at radius 3 is 1.86 bits per heavy atom. The Morgan fingerprint density at radius 2 is 0.947 bits per heavy atom. The molecule has 0 amide bonds. The highest BCUT2D eigenvalue weighted by molar-refractivity contribution is 6.10.